The fraction of sp³-hybridized carbons (Fsp3) is 1.00. The van der Waals surface area contributed by atoms with Crippen LogP contribution in [0.15, 0.2) is 0 Å². The first-order valence-electron chi connectivity index (χ1n) is 7.21. The van der Waals surface area contributed by atoms with E-state index in [1.807, 2.05) is 13.8 Å². The molecule has 4 nitrogen and oxygen atoms in total. The van der Waals surface area contributed by atoms with Gasteiger partial charge in [-0.1, -0.05) is 13.8 Å². The Morgan fingerprint density at radius 1 is 1.37 bits per heavy atom. The van der Waals surface area contributed by atoms with Crippen LogP contribution in [0, 0.1) is 11.3 Å². The number of nitrogens with one attached hydrogen (secondary N) is 1. The molecule has 2 aliphatic heterocycles. The summed E-state index contributed by atoms with van der Waals surface area (Å²) in [6.45, 7) is 11.4. The van der Waals surface area contributed by atoms with Gasteiger partial charge in [-0.05, 0) is 57.5 Å². The Kier molecular flexibility index (Phi) is 4.14. The van der Waals surface area contributed by atoms with Crippen molar-refractivity contribution in [3.8, 4) is 0 Å². The third-order valence-corrected chi connectivity index (χ3v) is 6.26. The van der Waals surface area contributed by atoms with E-state index in [0.717, 1.165) is 39.0 Å². The number of ether oxygens (including phenoxy) is 1. The summed E-state index contributed by atoms with van der Waals surface area (Å²) in [5.41, 5.74) is 0.0966. The van der Waals surface area contributed by atoms with E-state index in [9.17, 15) is 4.21 Å². The fourth-order valence-corrected chi connectivity index (χ4v) is 3.95. The molecule has 2 atom stereocenters. The van der Waals surface area contributed by atoms with Gasteiger partial charge >= 0.3 is 0 Å². The molecule has 2 aliphatic rings. The van der Waals surface area contributed by atoms with Crippen molar-refractivity contribution in [3.63, 3.8) is 0 Å². The Hall–Kier alpha value is 0.0300. The SMILES string of the molecule is CC1(C)COC2(CCNCC2)[C@@H]1CC(C)(C)S(N)=O. The standard InChI is InChI=1S/C14H28N2O2S/c1-12(2)10-18-14(5-7-16-8-6-14)11(12)9-13(3,4)19(15)17/h11,16H,5-10,15H2,1-4H3/t11-,19?/m1/s1. The molecule has 0 aromatic rings. The lowest BCUT2D eigenvalue weighted by Gasteiger charge is -2.43. The fourth-order valence-electron chi connectivity index (χ4n) is 3.62. The third-order valence-electron chi connectivity index (χ3n) is 5.00. The van der Waals surface area contributed by atoms with Gasteiger partial charge < -0.3 is 10.1 Å². The van der Waals surface area contributed by atoms with E-state index < -0.39 is 11.0 Å². The highest BCUT2D eigenvalue weighted by atomic mass is 32.2. The molecule has 0 amide bonds. The van der Waals surface area contributed by atoms with Crippen LogP contribution in [0.4, 0.5) is 0 Å². The minimum absolute atomic E-state index is 0.0363. The monoisotopic (exact) mass is 288 g/mol. The third kappa shape index (κ3) is 2.89. The van der Waals surface area contributed by atoms with Gasteiger partial charge in [0.1, 0.15) is 0 Å². The Balaban J connectivity index is 2.24. The Bertz CT molecular complexity index is 362. The summed E-state index contributed by atoms with van der Waals surface area (Å²) < 4.78 is 17.7. The smallest absolute Gasteiger partial charge is 0.0945 e. The van der Waals surface area contributed by atoms with E-state index in [2.05, 4.69) is 19.2 Å². The molecule has 2 saturated heterocycles. The van der Waals surface area contributed by atoms with Gasteiger partial charge in [-0.25, -0.2) is 4.21 Å². The maximum absolute atomic E-state index is 11.8. The maximum atomic E-state index is 11.8. The van der Waals surface area contributed by atoms with E-state index in [1.165, 1.54) is 0 Å². The summed E-state index contributed by atoms with van der Waals surface area (Å²) in [6, 6.07) is 0. The first kappa shape index (κ1) is 15.4. The lowest BCUT2D eigenvalue weighted by molar-refractivity contribution is -0.0480. The van der Waals surface area contributed by atoms with Crippen molar-refractivity contribution >= 4 is 11.0 Å². The summed E-state index contributed by atoms with van der Waals surface area (Å²) >= 11 is 0. The van der Waals surface area contributed by atoms with E-state index in [4.69, 9.17) is 9.88 Å². The average Bonchev–Trinajstić information content (AvgIpc) is 2.55. The van der Waals surface area contributed by atoms with E-state index >= 15 is 0 Å². The second kappa shape index (κ2) is 5.10. The van der Waals surface area contributed by atoms with Crippen molar-refractivity contribution in [2.75, 3.05) is 19.7 Å². The van der Waals surface area contributed by atoms with Crippen LogP contribution in [0.3, 0.4) is 0 Å². The quantitative estimate of drug-likeness (QED) is 0.828. The van der Waals surface area contributed by atoms with Crippen LogP contribution < -0.4 is 10.5 Å². The molecule has 1 spiro atoms. The van der Waals surface area contributed by atoms with Crippen LogP contribution in [0.2, 0.25) is 0 Å². The number of nitrogens with two attached hydrogens (primary N) is 1. The Morgan fingerprint density at radius 2 is 1.95 bits per heavy atom. The van der Waals surface area contributed by atoms with Gasteiger partial charge in [0, 0.05) is 0 Å². The highest BCUT2D eigenvalue weighted by molar-refractivity contribution is 7.84. The molecule has 0 radical (unpaired) electrons. The zero-order valence-corrected chi connectivity index (χ0v) is 13.4. The summed E-state index contributed by atoms with van der Waals surface area (Å²) in [4.78, 5) is 0. The number of piperidine rings is 1. The van der Waals surface area contributed by atoms with Crippen LogP contribution in [-0.2, 0) is 15.7 Å². The van der Waals surface area contributed by atoms with Gasteiger partial charge in [-0.2, -0.15) is 0 Å². The van der Waals surface area contributed by atoms with Gasteiger partial charge in [0.2, 0.25) is 0 Å². The zero-order valence-electron chi connectivity index (χ0n) is 12.6. The van der Waals surface area contributed by atoms with E-state index in [-0.39, 0.29) is 15.8 Å². The molecule has 0 saturated carbocycles. The average molecular weight is 288 g/mol. The van der Waals surface area contributed by atoms with Gasteiger partial charge in [-0.3, -0.25) is 5.14 Å². The molecular weight excluding hydrogens is 260 g/mol. The molecule has 0 aromatic carbocycles. The van der Waals surface area contributed by atoms with Crippen molar-refractivity contribution in [3.05, 3.63) is 0 Å². The van der Waals surface area contributed by atoms with Crippen molar-refractivity contribution in [1.82, 2.24) is 5.32 Å². The zero-order chi connectivity index (χ0) is 14.3. The molecule has 2 fully saturated rings. The van der Waals surface area contributed by atoms with E-state index in [1.54, 1.807) is 0 Å². The van der Waals surface area contributed by atoms with Crippen molar-refractivity contribution in [1.29, 1.82) is 0 Å². The van der Waals surface area contributed by atoms with Crippen molar-refractivity contribution in [2.24, 2.45) is 16.5 Å². The van der Waals surface area contributed by atoms with Crippen LogP contribution in [0.25, 0.3) is 0 Å². The maximum Gasteiger partial charge on any atom is 0.0945 e. The van der Waals surface area contributed by atoms with Crippen LogP contribution in [-0.4, -0.2) is 34.3 Å². The number of hydrogen-bond acceptors (Lipinski definition) is 3. The molecule has 112 valence electrons. The molecule has 1 unspecified atom stereocenters. The molecular formula is C14H28N2O2S. The summed E-state index contributed by atoms with van der Waals surface area (Å²) in [5.74, 6) is 0.421. The number of rotatable bonds is 3. The molecule has 2 rings (SSSR count). The lowest BCUT2D eigenvalue weighted by Crippen LogP contribution is -2.50. The van der Waals surface area contributed by atoms with Gasteiger partial charge in [-0.15, -0.1) is 0 Å². The second-order valence-electron chi connectivity index (χ2n) is 7.41. The lowest BCUT2D eigenvalue weighted by atomic mass is 9.66. The largest absolute Gasteiger partial charge is 0.374 e. The predicted molar refractivity (Wildman–Crippen MR) is 79.1 cm³/mol. The van der Waals surface area contributed by atoms with Crippen LogP contribution in [0.1, 0.15) is 47.0 Å². The van der Waals surface area contributed by atoms with Crippen molar-refractivity contribution < 1.29 is 8.95 Å². The van der Waals surface area contributed by atoms with Crippen LogP contribution >= 0.6 is 0 Å². The first-order valence-corrected chi connectivity index (χ1v) is 8.42. The normalized spacial score (nSPS) is 31.5. The molecule has 2 heterocycles. The predicted octanol–water partition coefficient (Wildman–Crippen LogP) is 1.57. The second-order valence-corrected chi connectivity index (χ2v) is 9.11. The summed E-state index contributed by atoms with van der Waals surface area (Å²) in [5, 5.41) is 9.08. The minimum Gasteiger partial charge on any atom is -0.374 e. The molecule has 3 N–H and O–H groups in total. The van der Waals surface area contributed by atoms with Crippen LogP contribution in [0.5, 0.6) is 0 Å². The van der Waals surface area contributed by atoms with Crippen molar-refractivity contribution in [2.45, 2.75) is 57.3 Å². The highest BCUT2D eigenvalue weighted by Gasteiger charge is 2.55. The first-order chi connectivity index (χ1) is 8.70. The number of hydrogen-bond donors (Lipinski definition) is 2. The summed E-state index contributed by atoms with van der Waals surface area (Å²) in [7, 11) is -1.30. The van der Waals surface area contributed by atoms with Gasteiger partial charge in [0.25, 0.3) is 0 Å². The van der Waals surface area contributed by atoms with Gasteiger partial charge in [0.05, 0.1) is 27.9 Å². The van der Waals surface area contributed by atoms with E-state index in [0.29, 0.717) is 5.92 Å². The molecule has 19 heavy (non-hydrogen) atoms. The molecule has 0 bridgehead atoms. The minimum atomic E-state index is -1.30. The summed E-state index contributed by atoms with van der Waals surface area (Å²) in [6.07, 6.45) is 2.96. The Labute approximate surface area is 119 Å². The highest BCUT2D eigenvalue weighted by Crippen LogP contribution is 2.52. The Morgan fingerprint density at radius 3 is 2.47 bits per heavy atom. The molecule has 5 heteroatoms. The topological polar surface area (TPSA) is 64.3 Å². The molecule has 0 aromatic heterocycles. The van der Waals surface area contributed by atoms with Gasteiger partial charge in [0.15, 0.2) is 0 Å². The molecule has 0 aliphatic carbocycles.